The molecule has 0 spiro atoms. The Kier molecular flexibility index (Phi) is 6.29. The second-order valence-corrected chi connectivity index (χ2v) is 7.68. The summed E-state index contributed by atoms with van der Waals surface area (Å²) >= 11 is 0. The van der Waals surface area contributed by atoms with E-state index in [9.17, 15) is 23.1 Å². The monoisotopic (exact) mass is 457 g/mol. The number of alkyl carbamates (subject to hydrolysis) is 1. The molecule has 8 heteroatoms. The van der Waals surface area contributed by atoms with E-state index in [-0.39, 0.29) is 30.4 Å². The van der Waals surface area contributed by atoms with Gasteiger partial charge in [0.25, 0.3) is 0 Å². The summed E-state index contributed by atoms with van der Waals surface area (Å²) in [6, 6.07) is 18.7. The second kappa shape index (κ2) is 9.15. The number of benzene rings is 3. The molecular weight excluding hydrogens is 435 g/mol. The van der Waals surface area contributed by atoms with Crippen molar-refractivity contribution in [3.8, 4) is 16.9 Å². The Bertz CT molecular complexity index is 1120. The van der Waals surface area contributed by atoms with E-state index in [0.29, 0.717) is 0 Å². The van der Waals surface area contributed by atoms with Gasteiger partial charge in [0.2, 0.25) is 0 Å². The summed E-state index contributed by atoms with van der Waals surface area (Å²) in [6.07, 6.45) is -6.54. The molecule has 0 fully saturated rings. The smallest absolute Gasteiger partial charge is 0.416 e. The van der Waals surface area contributed by atoms with Gasteiger partial charge in [-0.15, -0.1) is 0 Å². The Balaban J connectivity index is 1.38. The van der Waals surface area contributed by atoms with Gasteiger partial charge in [0.15, 0.2) is 0 Å². The number of ether oxygens (including phenoxy) is 2. The number of amides is 1. The fourth-order valence-corrected chi connectivity index (χ4v) is 4.10. The highest BCUT2D eigenvalue weighted by atomic mass is 19.4. The molecule has 33 heavy (non-hydrogen) atoms. The maximum atomic E-state index is 12.9. The van der Waals surface area contributed by atoms with E-state index in [4.69, 9.17) is 9.47 Å². The van der Waals surface area contributed by atoms with Crippen molar-refractivity contribution >= 4 is 6.09 Å². The summed E-state index contributed by atoms with van der Waals surface area (Å²) in [7, 11) is 1.21. The van der Waals surface area contributed by atoms with Gasteiger partial charge >= 0.3 is 12.3 Å². The Morgan fingerprint density at radius 1 is 1.03 bits per heavy atom. The van der Waals surface area contributed by atoms with Gasteiger partial charge in [0.1, 0.15) is 12.4 Å². The zero-order valence-corrected chi connectivity index (χ0v) is 17.7. The van der Waals surface area contributed by atoms with E-state index < -0.39 is 23.9 Å². The number of aliphatic hydroxyl groups is 1. The summed E-state index contributed by atoms with van der Waals surface area (Å²) in [4.78, 5) is 12.3. The van der Waals surface area contributed by atoms with Gasteiger partial charge < -0.3 is 19.9 Å². The lowest BCUT2D eigenvalue weighted by Crippen LogP contribution is -2.30. The molecule has 3 aromatic rings. The quantitative estimate of drug-likeness (QED) is 0.528. The van der Waals surface area contributed by atoms with Gasteiger partial charge in [0, 0.05) is 11.5 Å². The molecule has 0 radical (unpaired) electrons. The predicted molar refractivity (Wildman–Crippen MR) is 116 cm³/mol. The minimum atomic E-state index is -4.53. The van der Waals surface area contributed by atoms with Crippen LogP contribution in [0.2, 0.25) is 0 Å². The first-order chi connectivity index (χ1) is 15.8. The summed E-state index contributed by atoms with van der Waals surface area (Å²) < 4.78 is 49.1. The number of carbonyl (C=O) groups excluding carboxylic acids is 1. The molecular formula is C25H22F3NO4. The second-order valence-electron chi connectivity index (χ2n) is 7.68. The van der Waals surface area contributed by atoms with E-state index in [2.05, 4.69) is 5.32 Å². The van der Waals surface area contributed by atoms with Crippen molar-refractivity contribution in [1.82, 2.24) is 5.32 Å². The molecule has 3 aromatic carbocycles. The molecule has 2 N–H and O–H groups in total. The van der Waals surface area contributed by atoms with Crippen molar-refractivity contribution in [3.05, 3.63) is 89.0 Å². The first-order valence-corrected chi connectivity index (χ1v) is 10.3. The van der Waals surface area contributed by atoms with E-state index in [0.717, 1.165) is 40.5 Å². The first kappa shape index (κ1) is 22.7. The molecule has 4 rings (SSSR count). The van der Waals surface area contributed by atoms with Crippen molar-refractivity contribution in [1.29, 1.82) is 0 Å². The number of rotatable bonds is 6. The van der Waals surface area contributed by atoms with Crippen LogP contribution < -0.4 is 10.1 Å². The van der Waals surface area contributed by atoms with Crippen LogP contribution in [-0.4, -0.2) is 31.5 Å². The number of aliphatic hydroxyl groups excluding tert-OH is 1. The molecule has 1 aliphatic carbocycles. The highest BCUT2D eigenvalue weighted by molar-refractivity contribution is 5.79. The van der Waals surface area contributed by atoms with Crippen LogP contribution in [-0.2, 0) is 10.9 Å². The van der Waals surface area contributed by atoms with Crippen LogP contribution in [0.4, 0.5) is 18.0 Å². The highest BCUT2D eigenvalue weighted by Crippen LogP contribution is 2.44. The fraction of sp³-hybridized carbons (Fsp3) is 0.240. The molecule has 0 saturated heterocycles. The van der Waals surface area contributed by atoms with Gasteiger partial charge in [-0.2, -0.15) is 13.2 Å². The number of hydrogen-bond donors (Lipinski definition) is 2. The zero-order valence-electron chi connectivity index (χ0n) is 17.7. The molecule has 0 aromatic heterocycles. The van der Waals surface area contributed by atoms with E-state index in [1.165, 1.54) is 7.11 Å². The topological polar surface area (TPSA) is 67.8 Å². The average molecular weight is 457 g/mol. The third-order valence-electron chi connectivity index (χ3n) is 5.70. The maximum absolute atomic E-state index is 12.9. The van der Waals surface area contributed by atoms with Crippen LogP contribution in [0.15, 0.2) is 66.7 Å². The average Bonchev–Trinajstić information content (AvgIpc) is 3.14. The Labute approximate surface area is 188 Å². The van der Waals surface area contributed by atoms with Crippen LogP contribution in [0, 0.1) is 0 Å². The van der Waals surface area contributed by atoms with Crippen LogP contribution in [0.3, 0.4) is 0 Å². The number of alkyl halides is 3. The molecule has 172 valence electrons. The Morgan fingerprint density at radius 3 is 2.21 bits per heavy atom. The normalized spacial score (nSPS) is 13.7. The van der Waals surface area contributed by atoms with E-state index in [1.54, 1.807) is 0 Å². The van der Waals surface area contributed by atoms with Crippen LogP contribution in [0.5, 0.6) is 5.75 Å². The van der Waals surface area contributed by atoms with Gasteiger partial charge in [-0.25, -0.2) is 4.79 Å². The molecule has 1 unspecified atom stereocenters. The number of nitrogens with one attached hydrogen (secondary N) is 1. The zero-order chi connectivity index (χ0) is 23.6. The molecule has 5 nitrogen and oxygen atoms in total. The minimum Gasteiger partial charge on any atom is -0.496 e. The minimum absolute atomic E-state index is 0.108. The summed E-state index contributed by atoms with van der Waals surface area (Å²) in [5, 5.41) is 12.8. The van der Waals surface area contributed by atoms with E-state index in [1.807, 2.05) is 48.5 Å². The van der Waals surface area contributed by atoms with Crippen LogP contribution in [0.1, 0.15) is 34.3 Å². The molecule has 0 aliphatic heterocycles. The number of halogens is 3. The van der Waals surface area contributed by atoms with Crippen molar-refractivity contribution in [2.75, 3.05) is 20.3 Å². The standard InChI is InChI=1S/C25H22F3NO4/c1-32-23-12-15(25(26,27)28)10-11-20(23)22(30)13-29-24(31)33-14-21-18-8-4-2-6-16(18)17-7-3-5-9-19(17)21/h2-12,21-22,30H,13-14H2,1H3,(H,29,31). The van der Waals surface area contributed by atoms with Crippen molar-refractivity contribution in [2.45, 2.75) is 18.2 Å². The van der Waals surface area contributed by atoms with Gasteiger partial charge in [-0.1, -0.05) is 54.6 Å². The summed E-state index contributed by atoms with van der Waals surface area (Å²) in [5.74, 6) is -0.227. The molecule has 1 aliphatic rings. The predicted octanol–water partition coefficient (Wildman–Crippen LogP) is 5.29. The number of carbonyl (C=O) groups is 1. The third-order valence-corrected chi connectivity index (χ3v) is 5.70. The van der Waals surface area contributed by atoms with Crippen molar-refractivity contribution in [3.63, 3.8) is 0 Å². The first-order valence-electron chi connectivity index (χ1n) is 10.3. The molecule has 1 atom stereocenters. The Morgan fingerprint density at radius 2 is 1.64 bits per heavy atom. The molecule has 1 amide bonds. The van der Waals surface area contributed by atoms with Crippen LogP contribution in [0.25, 0.3) is 11.1 Å². The third kappa shape index (κ3) is 4.66. The Hall–Kier alpha value is -3.52. The summed E-state index contributed by atoms with van der Waals surface area (Å²) in [6.45, 7) is -0.141. The highest BCUT2D eigenvalue weighted by Gasteiger charge is 2.32. The number of methoxy groups -OCH3 is 1. The van der Waals surface area contributed by atoms with Crippen LogP contribution >= 0.6 is 0 Å². The van der Waals surface area contributed by atoms with Gasteiger partial charge in [0.05, 0.1) is 25.3 Å². The van der Waals surface area contributed by atoms with Gasteiger partial charge in [-0.05, 0) is 34.4 Å². The number of fused-ring (bicyclic) bond motifs is 3. The molecule has 0 saturated carbocycles. The van der Waals surface area contributed by atoms with Crippen molar-refractivity contribution in [2.24, 2.45) is 0 Å². The lowest BCUT2D eigenvalue weighted by atomic mass is 9.98. The van der Waals surface area contributed by atoms with Gasteiger partial charge in [-0.3, -0.25) is 0 Å². The van der Waals surface area contributed by atoms with E-state index >= 15 is 0 Å². The lowest BCUT2D eigenvalue weighted by Gasteiger charge is -2.18. The molecule has 0 bridgehead atoms. The lowest BCUT2D eigenvalue weighted by molar-refractivity contribution is -0.137. The number of hydrogen-bond acceptors (Lipinski definition) is 4. The SMILES string of the molecule is COc1cc(C(F)(F)F)ccc1C(O)CNC(=O)OCC1c2ccccc2-c2ccccc21. The molecule has 0 heterocycles. The maximum Gasteiger partial charge on any atom is 0.416 e. The summed E-state index contributed by atoms with van der Waals surface area (Å²) in [5.41, 5.74) is 3.59. The fourth-order valence-electron chi connectivity index (χ4n) is 4.10. The largest absolute Gasteiger partial charge is 0.496 e. The van der Waals surface area contributed by atoms with Crippen molar-refractivity contribution < 1.29 is 32.5 Å².